The first kappa shape index (κ1) is 14.5. The van der Waals surface area contributed by atoms with Crippen LogP contribution in [-0.2, 0) is 0 Å². The maximum Gasteiger partial charge on any atom is 0.271 e. The van der Waals surface area contributed by atoms with E-state index in [0.29, 0.717) is 20.6 Å². The third-order valence-corrected chi connectivity index (χ3v) is 3.36. The number of nitro benzene ring substituents is 1. The number of non-ortho nitro benzene ring substituents is 1. The van der Waals surface area contributed by atoms with Gasteiger partial charge >= 0.3 is 0 Å². The summed E-state index contributed by atoms with van der Waals surface area (Å²) in [6.07, 6.45) is 0. The summed E-state index contributed by atoms with van der Waals surface area (Å²) in [4.78, 5) is 10.1. The van der Waals surface area contributed by atoms with Crippen molar-refractivity contribution in [1.29, 1.82) is 0 Å². The topological polar surface area (TPSA) is 52.4 Å². The molecule has 0 aliphatic carbocycles. The van der Waals surface area contributed by atoms with Gasteiger partial charge in [-0.1, -0.05) is 6.58 Å². The van der Waals surface area contributed by atoms with E-state index in [-0.39, 0.29) is 12.3 Å². The van der Waals surface area contributed by atoms with Crippen molar-refractivity contribution in [2.75, 3.05) is 12.5 Å². The molecule has 17 heavy (non-hydrogen) atoms. The van der Waals surface area contributed by atoms with Gasteiger partial charge in [0.1, 0.15) is 12.4 Å². The number of ether oxygens (including phenoxy) is 1. The van der Waals surface area contributed by atoms with Crippen molar-refractivity contribution in [2.24, 2.45) is 0 Å². The van der Waals surface area contributed by atoms with Crippen LogP contribution in [0.2, 0.25) is 0 Å². The molecule has 0 heterocycles. The Morgan fingerprint density at radius 1 is 1.47 bits per heavy atom. The zero-order valence-corrected chi connectivity index (χ0v) is 12.5. The molecular formula is C10H8Br2ClNO3. The molecule has 0 aliphatic rings. The number of benzene rings is 1. The van der Waals surface area contributed by atoms with Crippen LogP contribution in [0, 0.1) is 10.1 Å². The van der Waals surface area contributed by atoms with Gasteiger partial charge in [-0.2, -0.15) is 0 Å². The van der Waals surface area contributed by atoms with E-state index in [9.17, 15) is 10.1 Å². The summed E-state index contributed by atoms with van der Waals surface area (Å²) in [5.74, 6) is 0.796. The molecule has 0 spiro atoms. The summed E-state index contributed by atoms with van der Waals surface area (Å²) in [6.45, 7) is 3.96. The van der Waals surface area contributed by atoms with Gasteiger partial charge in [0.25, 0.3) is 5.69 Å². The molecule has 0 saturated carbocycles. The van der Waals surface area contributed by atoms with Crippen molar-refractivity contribution >= 4 is 49.1 Å². The molecule has 0 N–H and O–H groups in total. The third kappa shape index (κ3) is 3.97. The Kier molecular flexibility index (Phi) is 5.42. The molecule has 92 valence electrons. The summed E-state index contributed by atoms with van der Waals surface area (Å²) < 4.78 is 6.46. The molecule has 0 amide bonds. The molecule has 0 bridgehead atoms. The smallest absolute Gasteiger partial charge is 0.271 e. The van der Waals surface area contributed by atoms with Crippen molar-refractivity contribution in [2.45, 2.75) is 0 Å². The molecule has 4 nitrogen and oxygen atoms in total. The first-order valence-corrected chi connectivity index (χ1v) is 6.56. The van der Waals surface area contributed by atoms with Gasteiger partial charge < -0.3 is 4.74 Å². The summed E-state index contributed by atoms with van der Waals surface area (Å²) in [6, 6.07) is 2.76. The Labute approximate surface area is 120 Å². The number of nitro groups is 1. The second kappa shape index (κ2) is 6.37. The molecular weight excluding hydrogens is 377 g/mol. The molecule has 1 rings (SSSR count). The highest BCUT2D eigenvalue weighted by Crippen LogP contribution is 2.37. The number of hydrogen-bond acceptors (Lipinski definition) is 3. The van der Waals surface area contributed by atoms with Crippen molar-refractivity contribution in [1.82, 2.24) is 0 Å². The number of hydrogen-bond donors (Lipinski definition) is 0. The van der Waals surface area contributed by atoms with Gasteiger partial charge in [-0.3, -0.25) is 10.1 Å². The molecule has 0 aliphatic heterocycles. The lowest BCUT2D eigenvalue weighted by molar-refractivity contribution is -0.385. The van der Waals surface area contributed by atoms with Crippen LogP contribution in [-0.4, -0.2) is 17.4 Å². The minimum Gasteiger partial charge on any atom is -0.487 e. The third-order valence-electron chi connectivity index (χ3n) is 1.80. The van der Waals surface area contributed by atoms with E-state index in [2.05, 4.69) is 38.4 Å². The summed E-state index contributed by atoms with van der Waals surface area (Å²) in [7, 11) is 0. The van der Waals surface area contributed by atoms with Crippen LogP contribution in [0.3, 0.4) is 0 Å². The predicted octanol–water partition coefficient (Wildman–Crippen LogP) is 4.29. The van der Waals surface area contributed by atoms with Crippen molar-refractivity contribution < 1.29 is 9.66 Å². The molecule has 1 aromatic rings. The lowest BCUT2D eigenvalue weighted by Crippen LogP contribution is -2.02. The van der Waals surface area contributed by atoms with E-state index in [4.69, 9.17) is 16.3 Å². The molecule has 0 radical (unpaired) electrons. The number of halogens is 3. The minimum absolute atomic E-state index is 0.0210. The summed E-state index contributed by atoms with van der Waals surface area (Å²) >= 11 is 12.0. The van der Waals surface area contributed by atoms with Crippen molar-refractivity contribution in [3.63, 3.8) is 0 Å². The van der Waals surface area contributed by atoms with Crippen LogP contribution < -0.4 is 4.74 Å². The first-order chi connectivity index (χ1) is 7.95. The zero-order chi connectivity index (χ0) is 13.0. The Balaban J connectivity index is 2.94. The second-order valence-electron chi connectivity index (χ2n) is 3.17. The van der Waals surface area contributed by atoms with Gasteiger partial charge in [0.05, 0.1) is 13.9 Å². The van der Waals surface area contributed by atoms with E-state index < -0.39 is 4.92 Å². The Hall–Kier alpha value is -0.590. The van der Waals surface area contributed by atoms with Crippen LogP contribution in [0.5, 0.6) is 5.75 Å². The quantitative estimate of drug-likeness (QED) is 0.329. The molecule has 1 aromatic carbocycles. The van der Waals surface area contributed by atoms with Crippen LogP contribution in [0.15, 0.2) is 33.2 Å². The second-order valence-corrected chi connectivity index (χ2v) is 5.14. The van der Waals surface area contributed by atoms with Gasteiger partial charge in [0.15, 0.2) is 0 Å². The van der Waals surface area contributed by atoms with Crippen molar-refractivity contribution in [3.05, 3.63) is 43.3 Å². The molecule has 0 aromatic heterocycles. The van der Waals surface area contributed by atoms with Gasteiger partial charge in [-0.15, -0.1) is 11.6 Å². The molecule has 0 saturated heterocycles. The van der Waals surface area contributed by atoms with Gasteiger partial charge in [0.2, 0.25) is 0 Å². The normalized spacial score (nSPS) is 10.1. The van der Waals surface area contributed by atoms with E-state index in [1.165, 1.54) is 12.1 Å². The highest BCUT2D eigenvalue weighted by molar-refractivity contribution is 9.11. The Morgan fingerprint density at radius 3 is 2.41 bits per heavy atom. The van der Waals surface area contributed by atoms with E-state index in [1.807, 2.05) is 0 Å². The fourth-order valence-corrected chi connectivity index (χ4v) is 2.47. The lowest BCUT2D eigenvalue weighted by atomic mass is 10.3. The largest absolute Gasteiger partial charge is 0.487 e. The van der Waals surface area contributed by atoms with Gasteiger partial charge in [-0.05, 0) is 37.4 Å². The van der Waals surface area contributed by atoms with E-state index in [1.54, 1.807) is 0 Å². The number of nitrogens with zero attached hydrogens (tertiary/aromatic N) is 1. The average molecular weight is 385 g/mol. The molecule has 0 unspecified atom stereocenters. The standard InChI is InChI=1S/C10H8Br2ClNO3/c1-6(4-13)5-17-10-8(11)2-7(14(15)16)3-9(10)12/h2-3H,1,4-5H2. The van der Waals surface area contributed by atoms with Crippen LogP contribution >= 0.6 is 43.5 Å². The number of rotatable bonds is 5. The molecule has 7 heteroatoms. The minimum atomic E-state index is -0.475. The summed E-state index contributed by atoms with van der Waals surface area (Å²) in [5, 5.41) is 10.6. The average Bonchev–Trinajstić information content (AvgIpc) is 2.27. The van der Waals surface area contributed by atoms with Crippen LogP contribution in [0.25, 0.3) is 0 Å². The van der Waals surface area contributed by atoms with Gasteiger partial charge in [0, 0.05) is 18.0 Å². The highest BCUT2D eigenvalue weighted by Gasteiger charge is 2.15. The SMILES string of the molecule is C=C(CCl)COc1c(Br)cc([N+](=O)[O-])cc1Br. The zero-order valence-electron chi connectivity index (χ0n) is 8.58. The van der Waals surface area contributed by atoms with Crippen LogP contribution in [0.4, 0.5) is 5.69 Å². The fraction of sp³-hybridized carbons (Fsp3) is 0.200. The van der Waals surface area contributed by atoms with Crippen LogP contribution in [0.1, 0.15) is 0 Å². The maximum absolute atomic E-state index is 10.6. The predicted molar refractivity (Wildman–Crippen MR) is 73.9 cm³/mol. The first-order valence-electron chi connectivity index (χ1n) is 4.44. The van der Waals surface area contributed by atoms with Gasteiger partial charge in [-0.25, -0.2) is 0 Å². The Bertz CT molecular complexity index is 442. The van der Waals surface area contributed by atoms with E-state index in [0.717, 1.165) is 5.57 Å². The van der Waals surface area contributed by atoms with E-state index >= 15 is 0 Å². The maximum atomic E-state index is 10.6. The number of alkyl halides is 1. The van der Waals surface area contributed by atoms with Crippen molar-refractivity contribution in [3.8, 4) is 5.75 Å². The molecule has 0 fully saturated rings. The lowest BCUT2D eigenvalue weighted by Gasteiger charge is -2.10. The monoisotopic (exact) mass is 383 g/mol. The summed E-state index contributed by atoms with van der Waals surface area (Å²) in [5.41, 5.74) is 0.705. The highest BCUT2D eigenvalue weighted by atomic mass is 79.9. The molecule has 0 atom stereocenters. The Morgan fingerprint density at radius 2 is 2.00 bits per heavy atom. The fourth-order valence-electron chi connectivity index (χ4n) is 1.00.